The quantitative estimate of drug-likeness (QED) is 0.705. The minimum absolute atomic E-state index is 0.169. The van der Waals surface area contributed by atoms with Crippen LogP contribution in [-0.2, 0) is 6.42 Å². The highest BCUT2D eigenvalue weighted by molar-refractivity contribution is 5.90. The largest absolute Gasteiger partial charge is 0.339 e. The van der Waals surface area contributed by atoms with Gasteiger partial charge in [0.2, 0.25) is 17.5 Å². The van der Waals surface area contributed by atoms with Gasteiger partial charge in [-0.3, -0.25) is 4.79 Å². The van der Waals surface area contributed by atoms with E-state index < -0.39 is 0 Å². The first-order valence-electron chi connectivity index (χ1n) is 8.84. The molecule has 138 valence electrons. The van der Waals surface area contributed by atoms with Crippen LogP contribution >= 0.6 is 0 Å². The number of carbonyl (C=O) groups is 1. The van der Waals surface area contributed by atoms with E-state index >= 15 is 0 Å². The van der Waals surface area contributed by atoms with Crippen LogP contribution in [0.1, 0.15) is 29.4 Å². The van der Waals surface area contributed by atoms with E-state index in [1.54, 1.807) is 41.6 Å². The van der Waals surface area contributed by atoms with Crippen molar-refractivity contribution in [2.75, 3.05) is 13.1 Å². The van der Waals surface area contributed by atoms with Gasteiger partial charge in [-0.2, -0.15) is 4.98 Å². The summed E-state index contributed by atoms with van der Waals surface area (Å²) in [6, 6.07) is 8.00. The molecule has 3 aromatic rings. The molecule has 1 saturated heterocycles. The fourth-order valence-corrected chi connectivity index (χ4v) is 3.30. The molecule has 0 spiro atoms. The number of rotatable bonds is 4. The molecule has 0 N–H and O–H groups in total. The normalized spacial score (nSPS) is 17.1. The van der Waals surface area contributed by atoms with E-state index in [1.807, 2.05) is 0 Å². The molecule has 1 aromatic carbocycles. The molecule has 0 radical (unpaired) electrons. The summed E-state index contributed by atoms with van der Waals surface area (Å²) in [5.41, 5.74) is 0.314. The van der Waals surface area contributed by atoms with Crippen molar-refractivity contribution in [3.05, 3.63) is 60.3 Å². The number of hydrogen-bond donors (Lipinski definition) is 0. The third kappa shape index (κ3) is 3.84. The van der Waals surface area contributed by atoms with Crippen LogP contribution in [0.4, 0.5) is 4.39 Å². The zero-order valence-corrected chi connectivity index (χ0v) is 14.6. The lowest BCUT2D eigenvalue weighted by Crippen LogP contribution is -2.41. The number of likely N-dealkylation sites (tertiary alicyclic amines) is 1. The highest BCUT2D eigenvalue weighted by atomic mass is 19.1. The van der Waals surface area contributed by atoms with Crippen molar-refractivity contribution in [2.24, 2.45) is 5.92 Å². The fraction of sp³-hybridized carbons (Fsp3) is 0.316. The third-order valence-electron chi connectivity index (χ3n) is 4.61. The second kappa shape index (κ2) is 7.61. The maximum absolute atomic E-state index is 13.9. The summed E-state index contributed by atoms with van der Waals surface area (Å²) < 4.78 is 19.2. The van der Waals surface area contributed by atoms with Gasteiger partial charge in [0.05, 0.1) is 5.56 Å². The maximum Gasteiger partial charge on any atom is 0.291 e. The van der Waals surface area contributed by atoms with Gasteiger partial charge in [-0.25, -0.2) is 14.4 Å². The Morgan fingerprint density at radius 2 is 2.04 bits per heavy atom. The predicted octanol–water partition coefficient (Wildman–Crippen LogP) is 2.76. The van der Waals surface area contributed by atoms with E-state index in [0.717, 1.165) is 12.8 Å². The molecule has 7 nitrogen and oxygen atoms in total. The van der Waals surface area contributed by atoms with Crippen LogP contribution in [0.2, 0.25) is 0 Å². The number of nitrogens with zero attached hydrogens (tertiary/aromatic N) is 5. The van der Waals surface area contributed by atoms with Crippen LogP contribution in [0.25, 0.3) is 11.4 Å². The van der Waals surface area contributed by atoms with Crippen LogP contribution in [0.3, 0.4) is 0 Å². The van der Waals surface area contributed by atoms with Gasteiger partial charge < -0.3 is 9.42 Å². The molecule has 27 heavy (non-hydrogen) atoms. The van der Waals surface area contributed by atoms with E-state index in [-0.39, 0.29) is 29.3 Å². The molecular formula is C19H18FN5O2. The van der Waals surface area contributed by atoms with Crippen LogP contribution in [-0.4, -0.2) is 44.0 Å². The molecular weight excluding hydrogens is 349 g/mol. The van der Waals surface area contributed by atoms with Gasteiger partial charge in [0.15, 0.2) is 0 Å². The topological polar surface area (TPSA) is 85.0 Å². The maximum atomic E-state index is 13.9. The van der Waals surface area contributed by atoms with Crippen LogP contribution < -0.4 is 0 Å². The average Bonchev–Trinajstić information content (AvgIpc) is 3.17. The molecule has 0 bridgehead atoms. The molecule has 4 rings (SSSR count). The summed E-state index contributed by atoms with van der Waals surface area (Å²) in [5, 5.41) is 3.89. The van der Waals surface area contributed by atoms with E-state index in [1.165, 1.54) is 6.07 Å². The summed E-state index contributed by atoms with van der Waals surface area (Å²) in [6.45, 7) is 1.26. The number of amides is 1. The van der Waals surface area contributed by atoms with Gasteiger partial charge in [0.25, 0.3) is 5.91 Å². The fourth-order valence-electron chi connectivity index (χ4n) is 3.30. The van der Waals surface area contributed by atoms with Gasteiger partial charge >= 0.3 is 0 Å². The number of carbonyl (C=O) groups excluding carboxylic acids is 1. The molecule has 8 heteroatoms. The first kappa shape index (κ1) is 17.3. The van der Waals surface area contributed by atoms with Crippen molar-refractivity contribution in [1.29, 1.82) is 0 Å². The average molecular weight is 367 g/mol. The Morgan fingerprint density at radius 3 is 2.85 bits per heavy atom. The van der Waals surface area contributed by atoms with E-state index in [0.29, 0.717) is 31.0 Å². The minimum Gasteiger partial charge on any atom is -0.339 e. The molecule has 1 unspecified atom stereocenters. The zero-order chi connectivity index (χ0) is 18.6. The minimum atomic E-state index is -0.387. The second-order valence-corrected chi connectivity index (χ2v) is 6.53. The number of halogens is 1. The molecule has 1 fully saturated rings. The number of aromatic nitrogens is 4. The highest BCUT2D eigenvalue weighted by Crippen LogP contribution is 2.24. The van der Waals surface area contributed by atoms with Crippen LogP contribution in [0.15, 0.2) is 47.2 Å². The summed E-state index contributed by atoms with van der Waals surface area (Å²) in [7, 11) is 0. The molecule has 2 aromatic heterocycles. The highest BCUT2D eigenvalue weighted by Gasteiger charge is 2.27. The van der Waals surface area contributed by atoms with Crippen molar-refractivity contribution < 1.29 is 13.7 Å². The monoisotopic (exact) mass is 367 g/mol. The smallest absolute Gasteiger partial charge is 0.291 e. The van der Waals surface area contributed by atoms with E-state index in [2.05, 4.69) is 20.1 Å². The molecule has 0 saturated carbocycles. The molecule has 1 aliphatic rings. The van der Waals surface area contributed by atoms with Crippen molar-refractivity contribution in [3.8, 4) is 11.4 Å². The second-order valence-electron chi connectivity index (χ2n) is 6.53. The Morgan fingerprint density at radius 1 is 1.22 bits per heavy atom. The lowest BCUT2D eigenvalue weighted by molar-refractivity contribution is 0.0655. The Balaban J connectivity index is 1.43. The summed E-state index contributed by atoms with van der Waals surface area (Å²) in [4.78, 5) is 26.7. The number of piperidine rings is 1. The van der Waals surface area contributed by atoms with Crippen molar-refractivity contribution in [2.45, 2.75) is 19.3 Å². The van der Waals surface area contributed by atoms with E-state index in [9.17, 15) is 9.18 Å². The first-order valence-corrected chi connectivity index (χ1v) is 8.84. The first-order chi connectivity index (χ1) is 13.2. The predicted molar refractivity (Wildman–Crippen MR) is 94.1 cm³/mol. The summed E-state index contributed by atoms with van der Waals surface area (Å²) in [5.74, 6) is 0.533. The third-order valence-corrected chi connectivity index (χ3v) is 4.61. The Labute approximate surface area is 155 Å². The van der Waals surface area contributed by atoms with Crippen molar-refractivity contribution in [3.63, 3.8) is 0 Å². The Bertz CT molecular complexity index is 931. The number of hydrogen-bond acceptors (Lipinski definition) is 6. The van der Waals surface area contributed by atoms with Crippen LogP contribution in [0, 0.1) is 11.7 Å². The summed E-state index contributed by atoms with van der Waals surface area (Å²) >= 11 is 0. The Kier molecular flexibility index (Phi) is 4.86. The van der Waals surface area contributed by atoms with Gasteiger partial charge in [0.1, 0.15) is 5.82 Å². The van der Waals surface area contributed by atoms with Gasteiger partial charge in [0, 0.05) is 31.9 Å². The summed E-state index contributed by atoms with van der Waals surface area (Å²) in [6.07, 6.45) is 5.50. The Hall–Kier alpha value is -3.16. The molecule has 1 amide bonds. The van der Waals surface area contributed by atoms with Crippen LogP contribution in [0.5, 0.6) is 0 Å². The zero-order valence-electron chi connectivity index (χ0n) is 14.6. The molecule has 1 atom stereocenters. The van der Waals surface area contributed by atoms with Gasteiger partial charge in [-0.15, -0.1) is 0 Å². The molecule has 1 aliphatic heterocycles. The standard InChI is InChI=1S/C19H18FN5O2/c20-15-7-2-1-6-14(15)17-23-16(27-24-17)11-13-5-3-10-25(12-13)19(26)18-21-8-4-9-22-18/h1-2,4,6-9,13H,3,5,10-12H2. The van der Waals surface area contributed by atoms with Crippen molar-refractivity contribution >= 4 is 5.91 Å². The lowest BCUT2D eigenvalue weighted by Gasteiger charge is -2.31. The van der Waals surface area contributed by atoms with Crippen molar-refractivity contribution in [1.82, 2.24) is 25.0 Å². The van der Waals surface area contributed by atoms with E-state index in [4.69, 9.17) is 4.52 Å². The SMILES string of the molecule is O=C(c1ncccn1)N1CCCC(Cc2nc(-c3ccccc3F)no2)C1. The molecule has 0 aliphatic carbocycles. The van der Waals surface area contributed by atoms with Gasteiger partial charge in [-0.05, 0) is 37.0 Å². The lowest BCUT2D eigenvalue weighted by atomic mass is 9.94. The molecule has 3 heterocycles. The van der Waals surface area contributed by atoms with Gasteiger partial charge in [-0.1, -0.05) is 17.3 Å². The number of benzene rings is 1.